The van der Waals surface area contributed by atoms with Crippen molar-refractivity contribution in [1.82, 2.24) is 0 Å². The van der Waals surface area contributed by atoms with Crippen molar-refractivity contribution in [3.05, 3.63) is 22.4 Å². The summed E-state index contributed by atoms with van der Waals surface area (Å²) in [5, 5.41) is 4.17. The van der Waals surface area contributed by atoms with Crippen LogP contribution in [0.1, 0.15) is 12.0 Å². The maximum Gasteiger partial charge on any atom is 0.133 e. The summed E-state index contributed by atoms with van der Waals surface area (Å²) in [7, 11) is 0. The van der Waals surface area contributed by atoms with Crippen LogP contribution in [-0.2, 0) is 11.2 Å². The Kier molecular flexibility index (Phi) is 3.80. The maximum atomic E-state index is 10.2. The van der Waals surface area contributed by atoms with Gasteiger partial charge in [0.1, 0.15) is 6.29 Å². The van der Waals surface area contributed by atoms with Gasteiger partial charge in [-0.05, 0) is 35.2 Å². The molecule has 0 aromatic carbocycles. The molecule has 1 aromatic rings. The minimum Gasteiger partial charge on any atom is -0.302 e. The number of aldehydes is 1. The zero-order valence-electron chi connectivity index (χ0n) is 6.00. The summed E-state index contributed by atoms with van der Waals surface area (Å²) in [6.07, 6.45) is 2.81. The Labute approximate surface area is 78.6 Å². The lowest BCUT2D eigenvalue weighted by Gasteiger charge is -1.98. The summed E-state index contributed by atoms with van der Waals surface area (Å²) in [4.78, 5) is 10.2. The van der Waals surface area contributed by atoms with Crippen LogP contribution in [0.15, 0.2) is 16.8 Å². The van der Waals surface area contributed by atoms with Gasteiger partial charge < -0.3 is 4.79 Å². The molecule has 0 aliphatic carbocycles. The summed E-state index contributed by atoms with van der Waals surface area (Å²) in [6, 6.07) is 2.09. The van der Waals surface area contributed by atoms with E-state index in [9.17, 15) is 4.79 Å². The van der Waals surface area contributed by atoms with Crippen molar-refractivity contribution in [2.24, 2.45) is 0 Å². The minimum absolute atomic E-state index is 0.0161. The first kappa shape index (κ1) is 8.94. The Balaban J connectivity index is 2.28. The Bertz CT molecular complexity index is 208. The molecule has 1 atom stereocenters. The lowest BCUT2D eigenvalue weighted by atomic mass is 10.1. The van der Waals surface area contributed by atoms with Crippen molar-refractivity contribution in [1.29, 1.82) is 0 Å². The monoisotopic (exact) mass is 232 g/mol. The van der Waals surface area contributed by atoms with Crippen LogP contribution in [0.5, 0.6) is 0 Å². The Morgan fingerprint density at radius 2 is 2.55 bits per heavy atom. The van der Waals surface area contributed by atoms with Crippen LogP contribution >= 0.6 is 27.3 Å². The summed E-state index contributed by atoms with van der Waals surface area (Å²) < 4.78 is 0. The van der Waals surface area contributed by atoms with Gasteiger partial charge in [0.2, 0.25) is 0 Å². The van der Waals surface area contributed by atoms with Crippen molar-refractivity contribution < 1.29 is 4.79 Å². The highest BCUT2D eigenvalue weighted by molar-refractivity contribution is 9.09. The molecule has 0 radical (unpaired) electrons. The molecule has 3 heteroatoms. The first-order valence-electron chi connectivity index (χ1n) is 3.43. The Hall–Kier alpha value is -0.150. The van der Waals surface area contributed by atoms with E-state index in [4.69, 9.17) is 0 Å². The van der Waals surface area contributed by atoms with Gasteiger partial charge in [-0.25, -0.2) is 0 Å². The first-order valence-corrected chi connectivity index (χ1v) is 5.29. The quantitative estimate of drug-likeness (QED) is 0.577. The third-order valence-corrected chi connectivity index (χ3v) is 2.84. The second-order valence-electron chi connectivity index (χ2n) is 2.32. The molecule has 11 heavy (non-hydrogen) atoms. The van der Waals surface area contributed by atoms with Crippen LogP contribution in [-0.4, -0.2) is 11.1 Å². The molecule has 0 saturated carbocycles. The zero-order chi connectivity index (χ0) is 8.10. The van der Waals surface area contributed by atoms with Crippen molar-refractivity contribution >= 4 is 33.6 Å². The molecule has 0 aliphatic heterocycles. The van der Waals surface area contributed by atoms with E-state index in [1.807, 2.05) is 0 Å². The highest BCUT2D eigenvalue weighted by atomic mass is 79.9. The molecule has 1 rings (SSSR count). The summed E-state index contributed by atoms with van der Waals surface area (Å²) in [5.74, 6) is 0. The SMILES string of the molecule is O=CC(Br)CCc1ccsc1. The molecular weight excluding hydrogens is 224 g/mol. The van der Waals surface area contributed by atoms with Gasteiger partial charge in [0.05, 0.1) is 4.83 Å². The second kappa shape index (κ2) is 4.67. The van der Waals surface area contributed by atoms with E-state index in [1.54, 1.807) is 11.3 Å². The molecule has 0 N–H and O–H groups in total. The second-order valence-corrected chi connectivity index (χ2v) is 4.28. The molecule has 0 saturated heterocycles. The summed E-state index contributed by atoms with van der Waals surface area (Å²) in [6.45, 7) is 0. The van der Waals surface area contributed by atoms with E-state index in [0.29, 0.717) is 0 Å². The first-order chi connectivity index (χ1) is 5.33. The number of hydrogen-bond donors (Lipinski definition) is 0. The number of thiophene rings is 1. The van der Waals surface area contributed by atoms with Gasteiger partial charge in [0.25, 0.3) is 0 Å². The van der Waals surface area contributed by atoms with Gasteiger partial charge in [-0.15, -0.1) is 0 Å². The van der Waals surface area contributed by atoms with Crippen LogP contribution in [0.2, 0.25) is 0 Å². The Morgan fingerprint density at radius 1 is 1.73 bits per heavy atom. The smallest absolute Gasteiger partial charge is 0.133 e. The standard InChI is InChI=1S/C8H9BrOS/c9-8(5-10)2-1-7-3-4-11-6-7/h3-6,8H,1-2H2. The van der Waals surface area contributed by atoms with Crippen molar-refractivity contribution in [3.63, 3.8) is 0 Å². The number of carbonyl (C=O) groups excluding carboxylic acids is 1. The zero-order valence-corrected chi connectivity index (χ0v) is 8.40. The molecule has 1 unspecified atom stereocenters. The molecule has 0 amide bonds. The molecule has 1 nitrogen and oxygen atoms in total. The number of hydrogen-bond acceptors (Lipinski definition) is 2. The van der Waals surface area contributed by atoms with E-state index in [0.717, 1.165) is 19.1 Å². The van der Waals surface area contributed by atoms with Gasteiger partial charge in [-0.1, -0.05) is 15.9 Å². The predicted molar refractivity (Wildman–Crippen MR) is 51.4 cm³/mol. The average Bonchev–Trinajstić information content (AvgIpc) is 2.52. The average molecular weight is 233 g/mol. The largest absolute Gasteiger partial charge is 0.302 e. The van der Waals surface area contributed by atoms with Gasteiger partial charge in [-0.3, -0.25) is 0 Å². The van der Waals surface area contributed by atoms with E-state index in [-0.39, 0.29) is 4.83 Å². The lowest BCUT2D eigenvalue weighted by molar-refractivity contribution is -0.107. The van der Waals surface area contributed by atoms with Crippen molar-refractivity contribution in [2.75, 3.05) is 0 Å². The van der Waals surface area contributed by atoms with E-state index < -0.39 is 0 Å². The number of halogens is 1. The van der Waals surface area contributed by atoms with Gasteiger partial charge in [-0.2, -0.15) is 11.3 Å². The van der Waals surface area contributed by atoms with Crippen LogP contribution in [0.25, 0.3) is 0 Å². The number of alkyl halides is 1. The molecule has 1 aromatic heterocycles. The van der Waals surface area contributed by atoms with Gasteiger partial charge in [0.15, 0.2) is 0 Å². The molecule has 0 fully saturated rings. The van der Waals surface area contributed by atoms with Crippen LogP contribution in [0.4, 0.5) is 0 Å². The number of aryl methyl sites for hydroxylation is 1. The van der Waals surface area contributed by atoms with Gasteiger partial charge in [0, 0.05) is 0 Å². The molecular formula is C8H9BrOS. The van der Waals surface area contributed by atoms with E-state index in [2.05, 4.69) is 32.8 Å². The molecule has 0 spiro atoms. The highest BCUT2D eigenvalue weighted by Crippen LogP contribution is 2.11. The molecule has 0 bridgehead atoms. The third kappa shape index (κ3) is 3.16. The maximum absolute atomic E-state index is 10.2. The fourth-order valence-electron chi connectivity index (χ4n) is 0.807. The predicted octanol–water partition coefficient (Wildman–Crippen LogP) is 2.64. The van der Waals surface area contributed by atoms with Crippen molar-refractivity contribution in [3.8, 4) is 0 Å². The summed E-state index contributed by atoms with van der Waals surface area (Å²) in [5.41, 5.74) is 1.32. The number of carbonyl (C=O) groups is 1. The van der Waals surface area contributed by atoms with E-state index >= 15 is 0 Å². The fraction of sp³-hybridized carbons (Fsp3) is 0.375. The van der Waals surface area contributed by atoms with Crippen LogP contribution in [0, 0.1) is 0 Å². The van der Waals surface area contributed by atoms with Crippen molar-refractivity contribution in [2.45, 2.75) is 17.7 Å². The normalized spacial score (nSPS) is 12.8. The Morgan fingerprint density at radius 3 is 3.09 bits per heavy atom. The molecule has 1 heterocycles. The summed E-state index contributed by atoms with van der Waals surface area (Å²) >= 11 is 4.95. The number of rotatable bonds is 4. The van der Waals surface area contributed by atoms with Gasteiger partial charge >= 0.3 is 0 Å². The fourth-order valence-corrected chi connectivity index (χ4v) is 1.74. The third-order valence-electron chi connectivity index (χ3n) is 1.44. The minimum atomic E-state index is 0.0161. The lowest BCUT2D eigenvalue weighted by Crippen LogP contribution is -1.99. The van der Waals surface area contributed by atoms with Crippen LogP contribution < -0.4 is 0 Å². The van der Waals surface area contributed by atoms with E-state index in [1.165, 1.54) is 5.56 Å². The highest BCUT2D eigenvalue weighted by Gasteiger charge is 2.01. The molecule has 0 aliphatic rings. The topological polar surface area (TPSA) is 17.1 Å². The molecule has 60 valence electrons. The van der Waals surface area contributed by atoms with Crippen LogP contribution in [0.3, 0.4) is 0 Å².